The lowest BCUT2D eigenvalue weighted by molar-refractivity contribution is 0.509. The van der Waals surface area contributed by atoms with Crippen LogP contribution < -0.4 is 5.32 Å². The zero-order chi connectivity index (χ0) is 11.9. The largest absolute Gasteiger partial charge is 0.307 e. The molecule has 1 N–H and O–H groups in total. The van der Waals surface area contributed by atoms with Gasteiger partial charge in [-0.3, -0.25) is 4.68 Å². The monoisotopic (exact) mass is 239 g/mol. The second-order valence-corrected chi connectivity index (χ2v) is 5.41. The Morgan fingerprint density at radius 2 is 2.11 bits per heavy atom. The van der Waals surface area contributed by atoms with E-state index in [1.807, 2.05) is 0 Å². The maximum Gasteiger partial charge on any atom is 0.0688 e. The molecule has 0 amide bonds. The molecule has 2 aliphatic heterocycles. The smallest absolute Gasteiger partial charge is 0.0688 e. The molecule has 3 heteroatoms. The Labute approximate surface area is 107 Å². The van der Waals surface area contributed by atoms with E-state index < -0.39 is 0 Å². The number of nitrogens with zero attached hydrogens (tertiary/aromatic N) is 2. The molecule has 1 aromatic carbocycles. The summed E-state index contributed by atoms with van der Waals surface area (Å²) in [6.45, 7) is 0.880. The normalized spacial score (nSPS) is 25.1. The van der Waals surface area contributed by atoms with E-state index >= 15 is 0 Å². The van der Waals surface area contributed by atoms with Crippen LogP contribution in [0.2, 0.25) is 0 Å². The lowest BCUT2D eigenvalue weighted by Gasteiger charge is -2.19. The fourth-order valence-corrected chi connectivity index (χ4v) is 3.24. The van der Waals surface area contributed by atoms with Crippen molar-refractivity contribution in [3.05, 3.63) is 53.3 Å². The first-order chi connectivity index (χ1) is 8.88. The summed E-state index contributed by atoms with van der Waals surface area (Å²) in [7, 11) is 0. The Morgan fingerprint density at radius 3 is 3.00 bits per heavy atom. The van der Waals surface area contributed by atoms with Crippen molar-refractivity contribution >= 4 is 0 Å². The van der Waals surface area contributed by atoms with Gasteiger partial charge in [0.05, 0.1) is 12.2 Å². The molecule has 2 aliphatic rings. The molecule has 2 atom stereocenters. The molecule has 4 rings (SSSR count). The van der Waals surface area contributed by atoms with E-state index in [0.717, 1.165) is 13.0 Å². The van der Waals surface area contributed by atoms with Gasteiger partial charge in [0.1, 0.15) is 0 Å². The highest BCUT2D eigenvalue weighted by molar-refractivity contribution is 5.28. The molecule has 2 bridgehead atoms. The van der Waals surface area contributed by atoms with Crippen LogP contribution in [0.25, 0.3) is 0 Å². The van der Waals surface area contributed by atoms with Crippen molar-refractivity contribution in [1.29, 1.82) is 0 Å². The predicted molar refractivity (Wildman–Crippen MR) is 70.4 cm³/mol. The second kappa shape index (κ2) is 3.95. The maximum atomic E-state index is 4.76. The van der Waals surface area contributed by atoms with Crippen LogP contribution in [-0.2, 0) is 13.0 Å². The third-order valence-electron chi connectivity index (χ3n) is 4.11. The van der Waals surface area contributed by atoms with Crippen molar-refractivity contribution < 1.29 is 0 Å². The van der Waals surface area contributed by atoms with E-state index in [2.05, 4.69) is 46.5 Å². The Hall–Kier alpha value is -1.61. The lowest BCUT2D eigenvalue weighted by atomic mass is 10.0. The molecule has 0 radical (unpaired) electrons. The third-order valence-corrected chi connectivity index (χ3v) is 4.11. The Bertz CT molecular complexity index is 558. The van der Waals surface area contributed by atoms with Crippen molar-refractivity contribution in [3.8, 4) is 0 Å². The number of fused-ring (bicyclic) bond motifs is 4. The molecule has 92 valence electrons. The molecule has 2 unspecified atom stereocenters. The van der Waals surface area contributed by atoms with Gasteiger partial charge in [0.25, 0.3) is 0 Å². The standard InChI is InChI=1S/C15H17N3/c1-2-4-11(5-3-1)9-18-10-13-14-7-6-12(16-14)8-15(13)17-18/h1-5,10,12,14,16H,6-9H2. The molecular weight excluding hydrogens is 222 g/mol. The highest BCUT2D eigenvalue weighted by atomic mass is 15.3. The Kier molecular flexibility index (Phi) is 2.27. The van der Waals surface area contributed by atoms with Gasteiger partial charge in [0, 0.05) is 30.3 Å². The maximum absolute atomic E-state index is 4.76. The van der Waals surface area contributed by atoms with Gasteiger partial charge < -0.3 is 5.32 Å². The zero-order valence-electron chi connectivity index (χ0n) is 10.3. The molecule has 0 saturated carbocycles. The van der Waals surface area contributed by atoms with Gasteiger partial charge in [-0.05, 0) is 18.4 Å². The molecule has 18 heavy (non-hydrogen) atoms. The quantitative estimate of drug-likeness (QED) is 0.871. The molecule has 3 nitrogen and oxygen atoms in total. The van der Waals surface area contributed by atoms with Gasteiger partial charge in [-0.25, -0.2) is 0 Å². The van der Waals surface area contributed by atoms with Crippen molar-refractivity contribution in [2.24, 2.45) is 0 Å². The highest BCUT2D eigenvalue weighted by Crippen LogP contribution is 2.35. The number of nitrogens with one attached hydrogen (secondary N) is 1. The second-order valence-electron chi connectivity index (χ2n) is 5.41. The molecule has 3 heterocycles. The first kappa shape index (κ1) is 10.3. The summed E-state index contributed by atoms with van der Waals surface area (Å²) in [5.41, 5.74) is 4.06. The fraction of sp³-hybridized carbons (Fsp3) is 0.400. The van der Waals surface area contributed by atoms with Gasteiger partial charge >= 0.3 is 0 Å². The van der Waals surface area contributed by atoms with Gasteiger partial charge in [0.2, 0.25) is 0 Å². The SMILES string of the molecule is c1ccc(Cn2cc3c(n2)CC2CCC3N2)cc1. The van der Waals surface area contributed by atoms with E-state index in [0.29, 0.717) is 12.1 Å². The average molecular weight is 239 g/mol. The summed E-state index contributed by atoms with van der Waals surface area (Å²) in [6.07, 6.45) is 5.92. The minimum absolute atomic E-state index is 0.559. The fourth-order valence-electron chi connectivity index (χ4n) is 3.24. The molecule has 1 saturated heterocycles. The van der Waals surface area contributed by atoms with Crippen LogP contribution in [0.3, 0.4) is 0 Å². The van der Waals surface area contributed by atoms with Gasteiger partial charge in [-0.1, -0.05) is 30.3 Å². The number of rotatable bonds is 2. The zero-order valence-corrected chi connectivity index (χ0v) is 10.3. The third kappa shape index (κ3) is 1.66. The molecule has 1 aromatic heterocycles. The van der Waals surface area contributed by atoms with E-state index in [1.165, 1.54) is 29.7 Å². The van der Waals surface area contributed by atoms with Crippen LogP contribution in [0.5, 0.6) is 0 Å². The van der Waals surface area contributed by atoms with Crippen LogP contribution in [0, 0.1) is 0 Å². The summed E-state index contributed by atoms with van der Waals surface area (Å²) < 4.78 is 2.10. The lowest BCUT2D eigenvalue weighted by Crippen LogP contribution is -2.31. The summed E-state index contributed by atoms with van der Waals surface area (Å²) in [6, 6.07) is 11.8. The average Bonchev–Trinajstić information content (AvgIpc) is 2.97. The Balaban J connectivity index is 1.63. The topological polar surface area (TPSA) is 29.9 Å². The van der Waals surface area contributed by atoms with E-state index in [1.54, 1.807) is 0 Å². The minimum atomic E-state index is 0.559. The van der Waals surface area contributed by atoms with Crippen molar-refractivity contribution in [2.75, 3.05) is 0 Å². The molecule has 1 fully saturated rings. The molecular formula is C15H17N3. The first-order valence-corrected chi connectivity index (χ1v) is 6.75. The van der Waals surface area contributed by atoms with Crippen molar-refractivity contribution in [2.45, 2.75) is 37.9 Å². The van der Waals surface area contributed by atoms with Crippen molar-refractivity contribution in [1.82, 2.24) is 15.1 Å². The van der Waals surface area contributed by atoms with Crippen molar-refractivity contribution in [3.63, 3.8) is 0 Å². The van der Waals surface area contributed by atoms with E-state index in [9.17, 15) is 0 Å². The highest BCUT2D eigenvalue weighted by Gasteiger charge is 2.34. The van der Waals surface area contributed by atoms with Crippen LogP contribution >= 0.6 is 0 Å². The number of aromatic nitrogens is 2. The van der Waals surface area contributed by atoms with Crippen LogP contribution in [-0.4, -0.2) is 15.8 Å². The van der Waals surface area contributed by atoms with Crippen LogP contribution in [0.15, 0.2) is 36.5 Å². The van der Waals surface area contributed by atoms with Gasteiger partial charge in [-0.2, -0.15) is 5.10 Å². The number of benzene rings is 1. The van der Waals surface area contributed by atoms with Gasteiger partial charge in [0.15, 0.2) is 0 Å². The molecule has 0 spiro atoms. The van der Waals surface area contributed by atoms with Crippen LogP contribution in [0.1, 0.15) is 35.7 Å². The van der Waals surface area contributed by atoms with Crippen LogP contribution in [0.4, 0.5) is 0 Å². The molecule has 2 aromatic rings. The number of hydrogen-bond acceptors (Lipinski definition) is 2. The predicted octanol–water partition coefficient (Wildman–Crippen LogP) is 2.28. The summed E-state index contributed by atoms with van der Waals surface area (Å²) in [5.74, 6) is 0. The summed E-state index contributed by atoms with van der Waals surface area (Å²) in [4.78, 5) is 0. The molecule has 0 aliphatic carbocycles. The minimum Gasteiger partial charge on any atom is -0.307 e. The number of hydrogen-bond donors (Lipinski definition) is 1. The van der Waals surface area contributed by atoms with Gasteiger partial charge in [-0.15, -0.1) is 0 Å². The summed E-state index contributed by atoms with van der Waals surface area (Å²) >= 11 is 0. The Morgan fingerprint density at radius 1 is 1.22 bits per heavy atom. The van der Waals surface area contributed by atoms with E-state index in [4.69, 9.17) is 5.10 Å². The van der Waals surface area contributed by atoms with E-state index in [-0.39, 0.29) is 0 Å². The summed E-state index contributed by atoms with van der Waals surface area (Å²) in [5, 5.41) is 8.43. The first-order valence-electron chi connectivity index (χ1n) is 6.75.